The predicted molar refractivity (Wildman–Crippen MR) is 71.2 cm³/mol. The van der Waals surface area contributed by atoms with Gasteiger partial charge in [0.15, 0.2) is 11.5 Å². The molecule has 1 amide bonds. The first-order valence-corrected chi connectivity index (χ1v) is 6.30. The van der Waals surface area contributed by atoms with Crippen molar-refractivity contribution < 1.29 is 24.2 Å². The molecule has 0 aromatic heterocycles. The fourth-order valence-corrected chi connectivity index (χ4v) is 2.18. The van der Waals surface area contributed by atoms with E-state index >= 15 is 0 Å². The molecule has 0 heterocycles. The van der Waals surface area contributed by atoms with E-state index in [1.807, 2.05) is 0 Å². The van der Waals surface area contributed by atoms with Crippen molar-refractivity contribution in [2.24, 2.45) is 5.92 Å². The number of hydrogen-bond donors (Lipinski definition) is 2. The smallest absolute Gasteiger partial charge is 0.306 e. The molecule has 2 rings (SSSR count). The van der Waals surface area contributed by atoms with Crippen LogP contribution >= 0.6 is 0 Å². The molecule has 0 radical (unpaired) electrons. The fourth-order valence-electron chi connectivity index (χ4n) is 2.18. The molecule has 6 nitrogen and oxygen atoms in total. The van der Waals surface area contributed by atoms with Crippen molar-refractivity contribution in [2.75, 3.05) is 14.2 Å². The molecule has 108 valence electrons. The van der Waals surface area contributed by atoms with Crippen LogP contribution in [0.2, 0.25) is 0 Å². The Kier molecular flexibility index (Phi) is 4.12. The number of carbonyl (C=O) groups is 2. The average Bonchev–Trinajstić information content (AvgIpc) is 2.40. The lowest BCUT2D eigenvalue weighted by Gasteiger charge is -2.32. The average molecular weight is 279 g/mol. The minimum absolute atomic E-state index is 0.0725. The third-order valence-electron chi connectivity index (χ3n) is 3.47. The van der Waals surface area contributed by atoms with Crippen LogP contribution < -0.4 is 14.8 Å². The minimum atomic E-state index is -0.804. The number of aliphatic carboxylic acids is 1. The quantitative estimate of drug-likeness (QED) is 0.848. The number of amides is 1. The largest absolute Gasteiger partial charge is 0.493 e. The Labute approximate surface area is 116 Å². The molecule has 0 saturated heterocycles. The van der Waals surface area contributed by atoms with E-state index in [4.69, 9.17) is 14.6 Å². The van der Waals surface area contributed by atoms with E-state index in [0.717, 1.165) is 0 Å². The highest BCUT2D eigenvalue weighted by atomic mass is 16.5. The lowest BCUT2D eigenvalue weighted by atomic mass is 9.80. The second-order valence-electron chi connectivity index (χ2n) is 4.75. The molecule has 6 heteroatoms. The van der Waals surface area contributed by atoms with Crippen molar-refractivity contribution >= 4 is 11.9 Å². The molecule has 0 aliphatic heterocycles. The summed E-state index contributed by atoms with van der Waals surface area (Å²) in [7, 11) is 3.03. The molecule has 1 aromatic rings. The lowest BCUT2D eigenvalue weighted by Crippen LogP contribution is -2.46. The summed E-state index contributed by atoms with van der Waals surface area (Å²) >= 11 is 0. The van der Waals surface area contributed by atoms with E-state index in [1.165, 1.54) is 14.2 Å². The van der Waals surface area contributed by atoms with Crippen molar-refractivity contribution in [2.45, 2.75) is 18.9 Å². The number of carbonyl (C=O) groups excluding carboxylic acids is 1. The number of methoxy groups -OCH3 is 2. The number of rotatable bonds is 5. The Morgan fingerprint density at radius 2 is 1.85 bits per heavy atom. The highest BCUT2D eigenvalue weighted by Gasteiger charge is 2.35. The van der Waals surface area contributed by atoms with Crippen molar-refractivity contribution in [1.82, 2.24) is 5.32 Å². The molecule has 1 aliphatic carbocycles. The molecule has 2 N–H and O–H groups in total. The van der Waals surface area contributed by atoms with E-state index in [-0.39, 0.29) is 17.9 Å². The van der Waals surface area contributed by atoms with Gasteiger partial charge in [-0.1, -0.05) is 0 Å². The number of carboxylic acid groups (broad SMARTS) is 1. The van der Waals surface area contributed by atoms with Gasteiger partial charge in [-0.3, -0.25) is 9.59 Å². The molecule has 1 saturated carbocycles. The van der Waals surface area contributed by atoms with Gasteiger partial charge < -0.3 is 19.9 Å². The maximum Gasteiger partial charge on any atom is 0.306 e. The number of benzene rings is 1. The first-order chi connectivity index (χ1) is 9.55. The van der Waals surface area contributed by atoms with Crippen LogP contribution in [0, 0.1) is 5.92 Å². The van der Waals surface area contributed by atoms with Gasteiger partial charge in [0.05, 0.1) is 20.1 Å². The van der Waals surface area contributed by atoms with Crippen LogP contribution in [-0.2, 0) is 4.79 Å². The molecule has 0 unspecified atom stereocenters. The molecule has 1 aliphatic rings. The Bertz CT molecular complexity index is 522. The van der Waals surface area contributed by atoms with Gasteiger partial charge in [-0.15, -0.1) is 0 Å². The van der Waals surface area contributed by atoms with Gasteiger partial charge in [0.2, 0.25) is 0 Å². The van der Waals surface area contributed by atoms with Crippen LogP contribution in [0.5, 0.6) is 11.5 Å². The van der Waals surface area contributed by atoms with Crippen LogP contribution in [0.25, 0.3) is 0 Å². The number of hydrogen-bond acceptors (Lipinski definition) is 4. The number of carboxylic acids is 1. The summed E-state index contributed by atoms with van der Waals surface area (Å²) in [6, 6.07) is 4.83. The second-order valence-corrected chi connectivity index (χ2v) is 4.75. The fraction of sp³-hybridized carbons (Fsp3) is 0.429. The summed E-state index contributed by atoms with van der Waals surface area (Å²) in [6.07, 6.45) is 0.961. The maximum atomic E-state index is 12.0. The summed E-state index contributed by atoms with van der Waals surface area (Å²) in [5.74, 6) is -0.345. The molecule has 1 aromatic carbocycles. The summed E-state index contributed by atoms with van der Waals surface area (Å²) in [4.78, 5) is 22.7. The number of nitrogens with one attached hydrogen (secondary N) is 1. The van der Waals surface area contributed by atoms with Crippen LogP contribution in [-0.4, -0.2) is 37.2 Å². The molecular weight excluding hydrogens is 262 g/mol. The summed E-state index contributed by atoms with van der Waals surface area (Å²) in [6.45, 7) is 0. The van der Waals surface area contributed by atoms with Crippen molar-refractivity contribution in [3.8, 4) is 11.5 Å². The van der Waals surface area contributed by atoms with Gasteiger partial charge in [0.25, 0.3) is 5.91 Å². The van der Waals surface area contributed by atoms with E-state index in [2.05, 4.69) is 5.32 Å². The second kappa shape index (κ2) is 5.81. The molecule has 20 heavy (non-hydrogen) atoms. The van der Waals surface area contributed by atoms with Gasteiger partial charge >= 0.3 is 5.97 Å². The van der Waals surface area contributed by atoms with Crippen LogP contribution in [0.15, 0.2) is 18.2 Å². The first kappa shape index (κ1) is 14.2. The lowest BCUT2D eigenvalue weighted by molar-refractivity contribution is -0.145. The van der Waals surface area contributed by atoms with Gasteiger partial charge in [0, 0.05) is 11.6 Å². The van der Waals surface area contributed by atoms with E-state index in [1.54, 1.807) is 18.2 Å². The van der Waals surface area contributed by atoms with Gasteiger partial charge in [-0.2, -0.15) is 0 Å². The van der Waals surface area contributed by atoms with Gasteiger partial charge in [0.1, 0.15) is 0 Å². The predicted octanol–water partition coefficient (Wildman–Crippen LogP) is 1.30. The van der Waals surface area contributed by atoms with Crippen LogP contribution in [0.4, 0.5) is 0 Å². The molecule has 0 spiro atoms. The monoisotopic (exact) mass is 279 g/mol. The Hall–Kier alpha value is -2.24. The van der Waals surface area contributed by atoms with Gasteiger partial charge in [-0.25, -0.2) is 0 Å². The third kappa shape index (κ3) is 2.84. The number of ether oxygens (including phenoxy) is 2. The van der Waals surface area contributed by atoms with Crippen molar-refractivity contribution in [3.05, 3.63) is 23.8 Å². The highest BCUT2D eigenvalue weighted by molar-refractivity contribution is 5.95. The Balaban J connectivity index is 1.98. The van der Waals surface area contributed by atoms with Crippen LogP contribution in [0.1, 0.15) is 23.2 Å². The molecule has 0 bridgehead atoms. The Morgan fingerprint density at radius 3 is 2.40 bits per heavy atom. The SMILES string of the molecule is COc1ccc(C(=O)NC2CC(C(=O)O)C2)cc1OC. The maximum absolute atomic E-state index is 12.0. The zero-order valence-corrected chi connectivity index (χ0v) is 11.4. The van der Waals surface area contributed by atoms with Crippen LogP contribution in [0.3, 0.4) is 0 Å². The Morgan fingerprint density at radius 1 is 1.20 bits per heavy atom. The van der Waals surface area contributed by atoms with E-state index in [9.17, 15) is 9.59 Å². The minimum Gasteiger partial charge on any atom is -0.493 e. The molecule has 1 fully saturated rings. The van der Waals surface area contributed by atoms with Crippen molar-refractivity contribution in [1.29, 1.82) is 0 Å². The molecule has 0 atom stereocenters. The normalized spacial score (nSPS) is 20.7. The summed E-state index contributed by atoms with van der Waals surface area (Å²) in [5, 5.41) is 11.6. The first-order valence-electron chi connectivity index (χ1n) is 6.30. The topological polar surface area (TPSA) is 84.9 Å². The van der Waals surface area contributed by atoms with Crippen molar-refractivity contribution in [3.63, 3.8) is 0 Å². The molecular formula is C14H17NO5. The summed E-state index contributed by atoms with van der Waals surface area (Å²) < 4.78 is 10.2. The summed E-state index contributed by atoms with van der Waals surface area (Å²) in [5.41, 5.74) is 0.460. The standard InChI is InChI=1S/C14H17NO5/c1-19-11-4-3-8(7-12(11)20-2)13(16)15-10-5-9(6-10)14(17)18/h3-4,7,9-10H,5-6H2,1-2H3,(H,15,16)(H,17,18). The van der Waals surface area contributed by atoms with E-state index in [0.29, 0.717) is 29.9 Å². The van der Waals surface area contributed by atoms with E-state index < -0.39 is 5.97 Å². The van der Waals surface area contributed by atoms with Gasteiger partial charge in [-0.05, 0) is 31.0 Å². The zero-order valence-electron chi connectivity index (χ0n) is 11.4. The highest BCUT2D eigenvalue weighted by Crippen LogP contribution is 2.29. The zero-order chi connectivity index (χ0) is 14.7. The third-order valence-corrected chi connectivity index (χ3v) is 3.47.